The van der Waals surface area contributed by atoms with E-state index in [2.05, 4.69) is 6.07 Å². The standard InChI is InChI=1S/C28H34N4O6S2/c1-4-37-28(34)30-11-13-31(14-12-30)40(35,36)23-9-7-21(8-10-23)26(33)32(18-22-6-5-15-38-22)27-29-24-17-19(2)16-20(3)25(24)39-27/h7-10,16-17,22H,4-6,11-15,18H2,1-3H3. The van der Waals surface area contributed by atoms with E-state index in [1.54, 1.807) is 24.0 Å². The average Bonchev–Trinajstić information content (AvgIpc) is 3.62. The van der Waals surface area contributed by atoms with Crippen molar-refractivity contribution < 1.29 is 27.5 Å². The van der Waals surface area contributed by atoms with Crippen LogP contribution < -0.4 is 4.90 Å². The smallest absolute Gasteiger partial charge is 0.409 e. The van der Waals surface area contributed by atoms with Crippen molar-refractivity contribution in [1.82, 2.24) is 14.2 Å². The molecule has 2 saturated heterocycles. The van der Waals surface area contributed by atoms with Gasteiger partial charge < -0.3 is 14.4 Å². The van der Waals surface area contributed by atoms with E-state index in [0.717, 1.165) is 34.2 Å². The molecule has 0 saturated carbocycles. The molecule has 2 amide bonds. The summed E-state index contributed by atoms with van der Waals surface area (Å²) >= 11 is 1.48. The van der Waals surface area contributed by atoms with Crippen LogP contribution in [0.2, 0.25) is 0 Å². The first-order valence-electron chi connectivity index (χ1n) is 13.5. The van der Waals surface area contributed by atoms with E-state index in [1.807, 2.05) is 19.9 Å². The summed E-state index contributed by atoms with van der Waals surface area (Å²) in [6.45, 7) is 7.98. The predicted molar refractivity (Wildman–Crippen MR) is 154 cm³/mol. The zero-order chi connectivity index (χ0) is 28.4. The van der Waals surface area contributed by atoms with Crippen LogP contribution in [0.5, 0.6) is 0 Å². The van der Waals surface area contributed by atoms with Crippen LogP contribution in [0.15, 0.2) is 41.3 Å². The van der Waals surface area contributed by atoms with Gasteiger partial charge in [0.05, 0.1) is 34.4 Å². The van der Waals surface area contributed by atoms with Gasteiger partial charge in [-0.3, -0.25) is 9.69 Å². The third-order valence-electron chi connectivity index (χ3n) is 7.20. The Kier molecular flexibility index (Phi) is 8.41. The molecule has 214 valence electrons. The number of anilines is 1. The van der Waals surface area contributed by atoms with Gasteiger partial charge in [-0.15, -0.1) is 0 Å². The largest absolute Gasteiger partial charge is 0.450 e. The van der Waals surface area contributed by atoms with Crippen molar-refractivity contribution in [2.45, 2.75) is 44.6 Å². The summed E-state index contributed by atoms with van der Waals surface area (Å²) in [4.78, 5) is 33.8. The number of aryl methyl sites for hydroxylation is 2. The number of sulfonamides is 1. The molecule has 0 N–H and O–H groups in total. The quantitative estimate of drug-likeness (QED) is 0.408. The molecule has 1 aromatic heterocycles. The monoisotopic (exact) mass is 586 g/mol. The van der Waals surface area contributed by atoms with Gasteiger partial charge in [0.25, 0.3) is 5.91 Å². The zero-order valence-corrected chi connectivity index (χ0v) is 24.6. The van der Waals surface area contributed by atoms with Crippen LogP contribution >= 0.6 is 11.3 Å². The van der Waals surface area contributed by atoms with Gasteiger partial charge in [0.1, 0.15) is 0 Å². The lowest BCUT2D eigenvalue weighted by Gasteiger charge is -2.33. The van der Waals surface area contributed by atoms with Crippen molar-refractivity contribution in [3.8, 4) is 0 Å². The zero-order valence-electron chi connectivity index (χ0n) is 23.0. The minimum Gasteiger partial charge on any atom is -0.450 e. The maximum atomic E-state index is 13.8. The Morgan fingerprint density at radius 2 is 1.85 bits per heavy atom. The van der Waals surface area contributed by atoms with Crippen molar-refractivity contribution in [3.63, 3.8) is 0 Å². The van der Waals surface area contributed by atoms with Gasteiger partial charge in [0.2, 0.25) is 10.0 Å². The van der Waals surface area contributed by atoms with E-state index >= 15 is 0 Å². The highest BCUT2D eigenvalue weighted by atomic mass is 32.2. The molecule has 0 spiro atoms. The number of thiazole rings is 1. The maximum Gasteiger partial charge on any atom is 0.409 e. The minimum atomic E-state index is -3.78. The summed E-state index contributed by atoms with van der Waals surface area (Å²) in [5, 5.41) is 0.598. The van der Waals surface area contributed by atoms with Crippen molar-refractivity contribution in [2.24, 2.45) is 0 Å². The second kappa shape index (κ2) is 11.8. The fourth-order valence-electron chi connectivity index (χ4n) is 5.12. The number of carbonyl (C=O) groups excluding carboxylic acids is 2. The number of nitrogens with zero attached hydrogens (tertiary/aromatic N) is 4. The molecular formula is C28H34N4O6S2. The van der Waals surface area contributed by atoms with Gasteiger partial charge >= 0.3 is 6.09 Å². The highest BCUT2D eigenvalue weighted by Gasteiger charge is 2.32. The summed E-state index contributed by atoms with van der Waals surface area (Å²) in [5.41, 5.74) is 3.45. The second-order valence-corrected chi connectivity index (χ2v) is 13.0. The molecule has 10 nitrogen and oxygen atoms in total. The Morgan fingerprint density at radius 3 is 2.50 bits per heavy atom. The van der Waals surface area contributed by atoms with Gasteiger partial charge in [-0.25, -0.2) is 18.2 Å². The lowest BCUT2D eigenvalue weighted by molar-refractivity contribution is 0.0916. The number of rotatable bonds is 7. The molecule has 40 heavy (non-hydrogen) atoms. The van der Waals surface area contributed by atoms with Crippen LogP contribution in [-0.4, -0.2) is 86.6 Å². The molecule has 3 aromatic rings. The molecular weight excluding hydrogens is 552 g/mol. The molecule has 1 unspecified atom stereocenters. The lowest BCUT2D eigenvalue weighted by Crippen LogP contribution is -2.50. The summed E-state index contributed by atoms with van der Waals surface area (Å²) in [5.74, 6) is -0.254. The minimum absolute atomic E-state index is 0.0771. The van der Waals surface area contributed by atoms with Crippen molar-refractivity contribution in [2.75, 3.05) is 50.8 Å². The Balaban J connectivity index is 1.36. The topological polar surface area (TPSA) is 109 Å². The Bertz CT molecular complexity index is 1490. The van der Waals surface area contributed by atoms with Gasteiger partial charge in [0, 0.05) is 38.3 Å². The lowest BCUT2D eigenvalue weighted by atomic mass is 10.1. The van der Waals surface area contributed by atoms with E-state index in [4.69, 9.17) is 14.5 Å². The Morgan fingerprint density at radius 1 is 1.12 bits per heavy atom. The molecule has 2 aliphatic heterocycles. The van der Waals surface area contributed by atoms with Crippen molar-refractivity contribution in [3.05, 3.63) is 53.1 Å². The third kappa shape index (κ3) is 5.85. The number of aromatic nitrogens is 1. The van der Waals surface area contributed by atoms with Crippen molar-refractivity contribution in [1.29, 1.82) is 0 Å². The van der Waals surface area contributed by atoms with Gasteiger partial charge in [-0.05, 0) is 75.1 Å². The van der Waals surface area contributed by atoms with Gasteiger partial charge in [-0.1, -0.05) is 17.4 Å². The SMILES string of the molecule is CCOC(=O)N1CCN(S(=O)(=O)c2ccc(C(=O)N(CC3CCCO3)c3nc4cc(C)cc(C)c4s3)cc2)CC1. The predicted octanol–water partition coefficient (Wildman–Crippen LogP) is 4.20. The van der Waals surface area contributed by atoms with Crippen LogP contribution in [0, 0.1) is 13.8 Å². The van der Waals surface area contributed by atoms with E-state index in [0.29, 0.717) is 23.8 Å². The van der Waals surface area contributed by atoms with Crippen molar-refractivity contribution >= 4 is 48.7 Å². The average molecular weight is 587 g/mol. The molecule has 0 bridgehead atoms. The number of amides is 2. The molecule has 2 fully saturated rings. The summed E-state index contributed by atoms with van der Waals surface area (Å²) in [6.07, 6.45) is 1.30. The number of piperazine rings is 1. The number of hydrogen-bond acceptors (Lipinski definition) is 8. The first kappa shape index (κ1) is 28.5. The van der Waals surface area contributed by atoms with Crippen LogP contribution in [0.3, 0.4) is 0 Å². The molecule has 2 aliphatic rings. The third-order valence-corrected chi connectivity index (χ3v) is 10.3. The number of fused-ring (bicyclic) bond motifs is 1. The Labute approximate surface area is 238 Å². The first-order chi connectivity index (χ1) is 19.2. The van der Waals surface area contributed by atoms with Crippen LogP contribution in [-0.2, 0) is 19.5 Å². The maximum absolute atomic E-state index is 13.8. The molecule has 12 heteroatoms. The molecule has 0 radical (unpaired) electrons. The van der Waals surface area contributed by atoms with Crippen LogP contribution in [0.25, 0.3) is 10.2 Å². The highest BCUT2D eigenvalue weighted by molar-refractivity contribution is 7.89. The normalized spacial score (nSPS) is 18.3. The highest BCUT2D eigenvalue weighted by Crippen LogP contribution is 2.34. The van der Waals surface area contributed by atoms with E-state index in [9.17, 15) is 18.0 Å². The molecule has 1 atom stereocenters. The fourth-order valence-corrected chi connectivity index (χ4v) is 7.57. The first-order valence-corrected chi connectivity index (χ1v) is 15.8. The number of carbonyl (C=O) groups is 2. The van der Waals surface area contributed by atoms with Gasteiger partial charge in [0.15, 0.2) is 5.13 Å². The summed E-state index contributed by atoms with van der Waals surface area (Å²) < 4.78 is 39.8. The fraction of sp³-hybridized carbons (Fsp3) is 0.464. The number of hydrogen-bond donors (Lipinski definition) is 0. The Hall–Kier alpha value is -3.06. The second-order valence-electron chi connectivity index (χ2n) is 10.1. The van der Waals surface area contributed by atoms with Crippen LogP contribution in [0.4, 0.5) is 9.93 Å². The van der Waals surface area contributed by atoms with E-state index in [1.165, 1.54) is 32.7 Å². The number of benzene rings is 2. The molecule has 0 aliphatic carbocycles. The molecule has 2 aromatic carbocycles. The van der Waals surface area contributed by atoms with E-state index in [-0.39, 0.29) is 49.7 Å². The molecule has 3 heterocycles. The van der Waals surface area contributed by atoms with Crippen LogP contribution in [0.1, 0.15) is 41.3 Å². The van der Waals surface area contributed by atoms with E-state index < -0.39 is 16.1 Å². The summed E-state index contributed by atoms with van der Waals surface area (Å²) in [6, 6.07) is 10.2. The van der Waals surface area contributed by atoms with Gasteiger partial charge in [-0.2, -0.15) is 4.31 Å². The molecule has 5 rings (SSSR count). The summed E-state index contributed by atoms with van der Waals surface area (Å²) in [7, 11) is -3.78. The number of ether oxygens (including phenoxy) is 2.